The van der Waals surface area contributed by atoms with E-state index in [1.54, 1.807) is 48.0 Å². The monoisotopic (exact) mass is 368 g/mol. The molecule has 2 atom stereocenters. The second-order valence-corrected chi connectivity index (χ2v) is 6.85. The summed E-state index contributed by atoms with van der Waals surface area (Å²) in [5.74, 6) is 0. The minimum Gasteiger partial charge on any atom is -0.755 e. The number of benzene rings is 1. The molecule has 0 radical (unpaired) electrons. The number of amides is 2. The van der Waals surface area contributed by atoms with Gasteiger partial charge in [0.2, 0.25) is 0 Å². The zero-order valence-electron chi connectivity index (χ0n) is 11.7. The van der Waals surface area contributed by atoms with Crippen LogP contribution in [0.1, 0.15) is 18.0 Å². The standard InChI is InChI=1S/C14H12ClN3O3S2/c15-11-5-3-10(4-6-11)12-7-8-16-17(12)14(19)18(23(20)21)13-2-1-9-22-13/h1-6,8-9,12H,7H2,(H,20,21)/p-1. The van der Waals surface area contributed by atoms with Crippen LogP contribution in [-0.2, 0) is 11.3 Å². The number of thiophene rings is 1. The van der Waals surface area contributed by atoms with Gasteiger partial charge in [-0.2, -0.15) is 5.10 Å². The quantitative estimate of drug-likeness (QED) is 0.777. The van der Waals surface area contributed by atoms with Gasteiger partial charge in [0.05, 0.1) is 17.3 Å². The Labute approximate surface area is 144 Å². The minimum absolute atomic E-state index is 0.320. The van der Waals surface area contributed by atoms with Gasteiger partial charge in [0.1, 0.15) is 5.00 Å². The fourth-order valence-electron chi connectivity index (χ4n) is 2.27. The summed E-state index contributed by atoms with van der Waals surface area (Å²) in [6, 6.07) is 9.21. The van der Waals surface area contributed by atoms with Gasteiger partial charge in [0.15, 0.2) is 0 Å². The number of anilines is 1. The number of halogens is 1. The van der Waals surface area contributed by atoms with E-state index in [-0.39, 0.29) is 6.04 Å². The molecule has 120 valence electrons. The predicted molar refractivity (Wildman–Crippen MR) is 90.3 cm³/mol. The summed E-state index contributed by atoms with van der Waals surface area (Å²) in [6.45, 7) is 0. The fraction of sp³-hybridized carbons (Fsp3) is 0.143. The van der Waals surface area contributed by atoms with E-state index < -0.39 is 17.3 Å². The van der Waals surface area contributed by atoms with Crippen LogP contribution in [-0.4, -0.2) is 26.0 Å². The van der Waals surface area contributed by atoms with E-state index in [4.69, 9.17) is 11.6 Å². The van der Waals surface area contributed by atoms with Crippen LogP contribution in [0.3, 0.4) is 0 Å². The molecular formula is C14H11ClN3O3S2-. The molecule has 0 bridgehead atoms. The minimum atomic E-state index is -2.73. The molecule has 1 aliphatic rings. The van der Waals surface area contributed by atoms with Crippen molar-refractivity contribution in [1.29, 1.82) is 0 Å². The topological polar surface area (TPSA) is 76.0 Å². The van der Waals surface area contributed by atoms with E-state index in [1.165, 1.54) is 5.01 Å². The van der Waals surface area contributed by atoms with Gasteiger partial charge in [-0.15, -0.1) is 11.3 Å². The third-order valence-corrected chi connectivity index (χ3v) is 5.18. The number of hydrogen-bond donors (Lipinski definition) is 0. The van der Waals surface area contributed by atoms with Crippen molar-refractivity contribution >= 4 is 51.5 Å². The zero-order valence-corrected chi connectivity index (χ0v) is 14.1. The Bertz CT molecular complexity index is 749. The van der Waals surface area contributed by atoms with Crippen molar-refractivity contribution in [1.82, 2.24) is 5.01 Å². The lowest BCUT2D eigenvalue weighted by Crippen LogP contribution is -2.41. The fourth-order valence-corrected chi connectivity index (χ4v) is 3.75. The van der Waals surface area contributed by atoms with Crippen LogP contribution in [0.5, 0.6) is 0 Å². The lowest BCUT2D eigenvalue weighted by atomic mass is 10.1. The molecule has 0 spiro atoms. The van der Waals surface area contributed by atoms with Crippen molar-refractivity contribution in [2.45, 2.75) is 12.5 Å². The van der Waals surface area contributed by atoms with Gasteiger partial charge in [0, 0.05) is 17.7 Å². The smallest absolute Gasteiger partial charge is 0.357 e. The summed E-state index contributed by atoms with van der Waals surface area (Å²) >= 11 is 4.31. The van der Waals surface area contributed by atoms with Crippen LogP contribution in [0.2, 0.25) is 5.02 Å². The van der Waals surface area contributed by atoms with Gasteiger partial charge in [-0.1, -0.05) is 23.7 Å². The van der Waals surface area contributed by atoms with Crippen molar-refractivity contribution < 1.29 is 13.6 Å². The van der Waals surface area contributed by atoms with Crippen LogP contribution >= 0.6 is 22.9 Å². The molecule has 0 aliphatic carbocycles. The van der Waals surface area contributed by atoms with Crippen LogP contribution in [0, 0.1) is 0 Å². The van der Waals surface area contributed by atoms with Crippen molar-refractivity contribution in [2.24, 2.45) is 5.10 Å². The van der Waals surface area contributed by atoms with Gasteiger partial charge < -0.3 is 4.55 Å². The molecule has 0 saturated carbocycles. The molecule has 23 heavy (non-hydrogen) atoms. The van der Waals surface area contributed by atoms with Crippen LogP contribution in [0.15, 0.2) is 46.9 Å². The molecule has 2 amide bonds. The first-order chi connectivity index (χ1) is 11.1. The molecule has 1 aromatic carbocycles. The second-order valence-electron chi connectivity index (χ2n) is 4.69. The predicted octanol–water partition coefficient (Wildman–Crippen LogP) is 3.55. The number of rotatable bonds is 3. The Morgan fingerprint density at radius 1 is 1.39 bits per heavy atom. The van der Waals surface area contributed by atoms with Gasteiger partial charge in [-0.3, -0.25) is 4.21 Å². The lowest BCUT2D eigenvalue weighted by Gasteiger charge is -2.29. The molecular weight excluding hydrogens is 358 g/mol. The maximum atomic E-state index is 12.7. The Kier molecular flexibility index (Phi) is 4.76. The van der Waals surface area contributed by atoms with Crippen LogP contribution in [0.4, 0.5) is 9.80 Å². The maximum Gasteiger partial charge on any atom is 0.357 e. The molecule has 9 heteroatoms. The van der Waals surface area contributed by atoms with Gasteiger partial charge in [-0.25, -0.2) is 14.1 Å². The Hall–Kier alpha value is -1.74. The Morgan fingerprint density at radius 3 is 2.74 bits per heavy atom. The van der Waals surface area contributed by atoms with Crippen molar-refractivity contribution in [2.75, 3.05) is 4.31 Å². The van der Waals surface area contributed by atoms with Crippen molar-refractivity contribution in [3.05, 3.63) is 52.4 Å². The van der Waals surface area contributed by atoms with E-state index in [1.807, 2.05) is 0 Å². The molecule has 6 nitrogen and oxygen atoms in total. The Morgan fingerprint density at radius 2 is 2.13 bits per heavy atom. The number of urea groups is 1. The normalized spacial score (nSPS) is 18.2. The molecule has 2 unspecified atom stereocenters. The summed E-state index contributed by atoms with van der Waals surface area (Å²) in [7, 11) is 0. The first-order valence-electron chi connectivity index (χ1n) is 6.62. The molecule has 1 aliphatic heterocycles. The number of carbonyl (C=O) groups excluding carboxylic acids is 1. The average Bonchev–Trinajstić information content (AvgIpc) is 3.18. The summed E-state index contributed by atoms with van der Waals surface area (Å²) in [5.41, 5.74) is 0.836. The molecule has 0 saturated heterocycles. The molecule has 3 rings (SSSR count). The third-order valence-electron chi connectivity index (χ3n) is 3.31. The van der Waals surface area contributed by atoms with Gasteiger partial charge in [-0.05, 0) is 35.2 Å². The Balaban J connectivity index is 1.89. The summed E-state index contributed by atoms with van der Waals surface area (Å²) in [5, 5.41) is 7.83. The highest BCUT2D eigenvalue weighted by molar-refractivity contribution is 7.81. The summed E-state index contributed by atoms with van der Waals surface area (Å²) in [6.07, 6.45) is 2.11. The molecule has 0 fully saturated rings. The average molecular weight is 369 g/mol. The van der Waals surface area contributed by atoms with Crippen LogP contribution in [0.25, 0.3) is 0 Å². The molecule has 0 N–H and O–H groups in total. The van der Waals surface area contributed by atoms with E-state index in [9.17, 15) is 13.6 Å². The molecule has 2 heterocycles. The van der Waals surface area contributed by atoms with E-state index >= 15 is 0 Å². The molecule has 1 aromatic heterocycles. The van der Waals surface area contributed by atoms with Gasteiger partial charge in [0.25, 0.3) is 0 Å². The lowest BCUT2D eigenvalue weighted by molar-refractivity contribution is 0.197. The van der Waals surface area contributed by atoms with Crippen molar-refractivity contribution in [3.8, 4) is 0 Å². The number of hydrogen-bond acceptors (Lipinski definition) is 5. The highest BCUT2D eigenvalue weighted by Crippen LogP contribution is 2.32. The van der Waals surface area contributed by atoms with E-state index in [2.05, 4.69) is 5.10 Å². The highest BCUT2D eigenvalue weighted by atomic mass is 35.5. The van der Waals surface area contributed by atoms with Crippen LogP contribution < -0.4 is 4.31 Å². The first kappa shape index (κ1) is 16.1. The third kappa shape index (κ3) is 3.30. The van der Waals surface area contributed by atoms with E-state index in [0.29, 0.717) is 20.7 Å². The largest absolute Gasteiger partial charge is 0.755 e. The molecule has 2 aromatic rings. The number of carbonyl (C=O) groups is 1. The number of nitrogens with zero attached hydrogens (tertiary/aromatic N) is 3. The zero-order chi connectivity index (χ0) is 16.4. The number of hydrazone groups is 1. The maximum absolute atomic E-state index is 12.7. The first-order valence-corrected chi connectivity index (χ1v) is 8.91. The van der Waals surface area contributed by atoms with E-state index in [0.717, 1.165) is 16.9 Å². The van der Waals surface area contributed by atoms with Gasteiger partial charge >= 0.3 is 6.03 Å². The highest BCUT2D eigenvalue weighted by Gasteiger charge is 2.33. The second kappa shape index (κ2) is 6.79. The SMILES string of the molecule is O=C(N1N=CCC1c1ccc(Cl)cc1)N(c1cccs1)S(=O)[O-]. The summed E-state index contributed by atoms with van der Waals surface area (Å²) in [4.78, 5) is 12.7. The van der Waals surface area contributed by atoms with Crippen molar-refractivity contribution in [3.63, 3.8) is 0 Å². The summed E-state index contributed by atoms with van der Waals surface area (Å²) < 4.78 is 23.7.